The lowest BCUT2D eigenvalue weighted by Gasteiger charge is -2.22. The number of rotatable bonds is 3. The summed E-state index contributed by atoms with van der Waals surface area (Å²) in [5.41, 5.74) is 5.90. The van der Waals surface area contributed by atoms with E-state index in [1.54, 1.807) is 5.38 Å². The average molecular weight is 241 g/mol. The zero-order valence-electron chi connectivity index (χ0n) is 8.94. The Hall–Kier alpha value is -0.980. The molecule has 0 saturated carbocycles. The van der Waals surface area contributed by atoms with Gasteiger partial charge in [0.1, 0.15) is 10.7 Å². The van der Waals surface area contributed by atoms with Crippen LogP contribution in [0.4, 0.5) is 0 Å². The second kappa shape index (κ2) is 5.38. The first-order chi connectivity index (χ1) is 7.79. The van der Waals surface area contributed by atoms with Crippen molar-refractivity contribution in [2.75, 3.05) is 13.2 Å². The highest BCUT2D eigenvalue weighted by Gasteiger charge is 2.18. The van der Waals surface area contributed by atoms with Crippen molar-refractivity contribution in [3.63, 3.8) is 0 Å². The molecule has 0 spiro atoms. The van der Waals surface area contributed by atoms with E-state index < -0.39 is 0 Å². The first kappa shape index (κ1) is 11.5. The maximum Gasteiger partial charge on any atom is 0.271 e. The number of carbonyl (C=O) groups excluding carboxylic acids is 1. The van der Waals surface area contributed by atoms with Gasteiger partial charge in [-0.3, -0.25) is 4.79 Å². The summed E-state index contributed by atoms with van der Waals surface area (Å²) in [6.07, 6.45) is 1.97. The van der Waals surface area contributed by atoms with E-state index in [2.05, 4.69) is 10.3 Å². The van der Waals surface area contributed by atoms with E-state index in [1.165, 1.54) is 11.3 Å². The fraction of sp³-hybridized carbons (Fsp3) is 0.600. The Labute approximate surface area is 98.0 Å². The minimum Gasteiger partial charge on any atom is -0.379 e. The molecule has 1 saturated heterocycles. The molecule has 0 aromatic carbocycles. The van der Waals surface area contributed by atoms with Crippen molar-refractivity contribution in [2.24, 2.45) is 5.73 Å². The van der Waals surface area contributed by atoms with Crippen LogP contribution in [0.2, 0.25) is 0 Å². The summed E-state index contributed by atoms with van der Waals surface area (Å²) in [7, 11) is 0. The number of carbonyl (C=O) groups is 1. The van der Waals surface area contributed by atoms with Crippen LogP contribution in [-0.2, 0) is 11.3 Å². The minimum atomic E-state index is -0.133. The Morgan fingerprint density at radius 3 is 3.25 bits per heavy atom. The Bertz CT molecular complexity index is 361. The van der Waals surface area contributed by atoms with E-state index >= 15 is 0 Å². The van der Waals surface area contributed by atoms with Crippen LogP contribution >= 0.6 is 11.3 Å². The maximum absolute atomic E-state index is 11.8. The molecule has 5 nitrogen and oxygen atoms in total. The fourth-order valence-corrected chi connectivity index (χ4v) is 2.28. The molecule has 1 aliphatic rings. The highest BCUT2D eigenvalue weighted by Crippen LogP contribution is 2.10. The number of ether oxygens (including phenoxy) is 1. The van der Waals surface area contributed by atoms with Gasteiger partial charge < -0.3 is 15.8 Å². The molecule has 16 heavy (non-hydrogen) atoms. The van der Waals surface area contributed by atoms with Gasteiger partial charge >= 0.3 is 0 Å². The molecule has 1 unspecified atom stereocenters. The number of nitrogens with one attached hydrogen (secondary N) is 1. The predicted molar refractivity (Wildman–Crippen MR) is 61.3 cm³/mol. The predicted octanol–water partition coefficient (Wildman–Crippen LogP) is 0.511. The number of thiazole rings is 1. The summed E-state index contributed by atoms with van der Waals surface area (Å²) in [6.45, 7) is 1.77. The molecule has 1 aliphatic heterocycles. The average Bonchev–Trinajstić information content (AvgIpc) is 2.79. The molecule has 1 amide bonds. The lowest BCUT2D eigenvalue weighted by atomic mass is 10.1. The Morgan fingerprint density at radius 1 is 1.75 bits per heavy atom. The van der Waals surface area contributed by atoms with E-state index in [-0.39, 0.29) is 11.9 Å². The molecular weight excluding hydrogens is 226 g/mol. The van der Waals surface area contributed by atoms with Crippen molar-refractivity contribution in [1.29, 1.82) is 0 Å². The number of nitrogens with zero attached hydrogens (tertiary/aromatic N) is 1. The van der Waals surface area contributed by atoms with Gasteiger partial charge in [0.15, 0.2) is 0 Å². The normalized spacial score (nSPS) is 20.7. The zero-order valence-corrected chi connectivity index (χ0v) is 9.76. The largest absolute Gasteiger partial charge is 0.379 e. The maximum atomic E-state index is 11.8. The second-order valence-corrected chi connectivity index (χ2v) is 4.66. The zero-order chi connectivity index (χ0) is 11.4. The first-order valence-electron chi connectivity index (χ1n) is 5.32. The molecule has 6 heteroatoms. The Kier molecular flexibility index (Phi) is 3.87. The number of hydrogen-bond acceptors (Lipinski definition) is 5. The summed E-state index contributed by atoms with van der Waals surface area (Å²) in [5, 5.41) is 5.43. The monoisotopic (exact) mass is 241 g/mol. The third kappa shape index (κ3) is 2.78. The number of hydrogen-bond donors (Lipinski definition) is 2. The Balaban J connectivity index is 1.91. The topological polar surface area (TPSA) is 77.2 Å². The van der Waals surface area contributed by atoms with Gasteiger partial charge in [-0.2, -0.15) is 0 Å². The summed E-state index contributed by atoms with van der Waals surface area (Å²) >= 11 is 1.41. The molecular formula is C10H15N3O2S. The summed E-state index contributed by atoms with van der Waals surface area (Å²) in [4.78, 5) is 15.9. The highest BCUT2D eigenvalue weighted by molar-refractivity contribution is 7.09. The first-order valence-corrected chi connectivity index (χ1v) is 6.20. The van der Waals surface area contributed by atoms with E-state index in [0.29, 0.717) is 18.8 Å². The van der Waals surface area contributed by atoms with Crippen LogP contribution < -0.4 is 11.1 Å². The SMILES string of the molecule is NCc1nc(C(=O)NC2CCCOC2)cs1. The summed E-state index contributed by atoms with van der Waals surface area (Å²) in [6, 6.07) is 0.115. The van der Waals surface area contributed by atoms with Gasteiger partial charge in [-0.1, -0.05) is 0 Å². The fourth-order valence-electron chi connectivity index (χ4n) is 1.62. The summed E-state index contributed by atoms with van der Waals surface area (Å²) in [5.74, 6) is -0.133. The number of aromatic nitrogens is 1. The molecule has 3 N–H and O–H groups in total. The molecule has 88 valence electrons. The molecule has 1 aromatic rings. The smallest absolute Gasteiger partial charge is 0.271 e. The third-order valence-electron chi connectivity index (χ3n) is 2.45. The molecule has 1 atom stereocenters. The van der Waals surface area contributed by atoms with Crippen molar-refractivity contribution < 1.29 is 9.53 Å². The van der Waals surface area contributed by atoms with Crippen molar-refractivity contribution in [1.82, 2.24) is 10.3 Å². The van der Waals surface area contributed by atoms with Crippen molar-refractivity contribution in [3.8, 4) is 0 Å². The van der Waals surface area contributed by atoms with E-state index in [0.717, 1.165) is 24.5 Å². The van der Waals surface area contributed by atoms with Gasteiger partial charge in [-0.05, 0) is 12.8 Å². The van der Waals surface area contributed by atoms with Crippen LogP contribution in [-0.4, -0.2) is 30.1 Å². The van der Waals surface area contributed by atoms with Crippen molar-refractivity contribution >= 4 is 17.2 Å². The van der Waals surface area contributed by atoms with Crippen LogP contribution in [0.3, 0.4) is 0 Å². The highest BCUT2D eigenvalue weighted by atomic mass is 32.1. The van der Waals surface area contributed by atoms with Crippen LogP contribution in [0.15, 0.2) is 5.38 Å². The molecule has 0 aliphatic carbocycles. The molecule has 1 aromatic heterocycles. The quantitative estimate of drug-likeness (QED) is 0.808. The third-order valence-corrected chi connectivity index (χ3v) is 3.33. The van der Waals surface area contributed by atoms with Gasteiger partial charge in [0.2, 0.25) is 0 Å². The lowest BCUT2D eigenvalue weighted by molar-refractivity contribution is 0.0622. The van der Waals surface area contributed by atoms with Gasteiger partial charge in [0, 0.05) is 18.5 Å². The molecule has 2 rings (SSSR count). The van der Waals surface area contributed by atoms with Crippen molar-refractivity contribution in [3.05, 3.63) is 16.1 Å². The minimum absolute atomic E-state index is 0.115. The summed E-state index contributed by atoms with van der Waals surface area (Å²) < 4.78 is 5.29. The van der Waals surface area contributed by atoms with E-state index in [4.69, 9.17) is 10.5 Å². The standard InChI is InChI=1S/C10H15N3O2S/c11-4-9-13-8(6-16-9)10(14)12-7-2-1-3-15-5-7/h6-7H,1-5,11H2,(H,12,14). The van der Waals surface area contributed by atoms with E-state index in [9.17, 15) is 4.79 Å². The van der Waals surface area contributed by atoms with Crippen LogP contribution in [0.25, 0.3) is 0 Å². The Morgan fingerprint density at radius 2 is 2.62 bits per heavy atom. The molecule has 1 fully saturated rings. The van der Waals surface area contributed by atoms with Gasteiger partial charge in [0.25, 0.3) is 5.91 Å². The van der Waals surface area contributed by atoms with Crippen molar-refractivity contribution in [2.45, 2.75) is 25.4 Å². The number of amides is 1. The van der Waals surface area contributed by atoms with Crippen LogP contribution in [0.5, 0.6) is 0 Å². The lowest BCUT2D eigenvalue weighted by Crippen LogP contribution is -2.40. The molecule has 2 heterocycles. The van der Waals surface area contributed by atoms with Gasteiger partial charge in [-0.15, -0.1) is 11.3 Å². The van der Waals surface area contributed by atoms with Gasteiger partial charge in [-0.25, -0.2) is 4.98 Å². The molecule has 0 radical (unpaired) electrons. The van der Waals surface area contributed by atoms with Crippen LogP contribution in [0.1, 0.15) is 28.3 Å². The second-order valence-electron chi connectivity index (χ2n) is 3.72. The van der Waals surface area contributed by atoms with E-state index in [1.807, 2.05) is 0 Å². The number of nitrogens with two attached hydrogens (primary N) is 1. The van der Waals surface area contributed by atoms with Gasteiger partial charge in [0.05, 0.1) is 12.6 Å². The molecule has 0 bridgehead atoms. The van der Waals surface area contributed by atoms with Crippen LogP contribution in [0, 0.1) is 0 Å².